The third-order valence-corrected chi connectivity index (χ3v) is 2.75. The predicted molar refractivity (Wildman–Crippen MR) is 72.5 cm³/mol. The average Bonchev–Trinajstić information content (AvgIpc) is 2.92. The van der Waals surface area contributed by atoms with Crippen LogP contribution in [0.4, 0.5) is 0 Å². The summed E-state index contributed by atoms with van der Waals surface area (Å²) >= 11 is 0. The van der Waals surface area contributed by atoms with Crippen molar-refractivity contribution in [3.05, 3.63) is 48.0 Å². The van der Waals surface area contributed by atoms with Gasteiger partial charge in [0.1, 0.15) is 18.9 Å². The second kappa shape index (κ2) is 7.04. The zero-order valence-corrected chi connectivity index (χ0v) is 11.0. The number of rotatable bonds is 6. The van der Waals surface area contributed by atoms with E-state index in [4.69, 9.17) is 5.26 Å². The van der Waals surface area contributed by atoms with Crippen molar-refractivity contribution < 1.29 is 4.79 Å². The Hall–Kier alpha value is -2.68. The summed E-state index contributed by atoms with van der Waals surface area (Å²) in [6.07, 6.45) is 3.20. The molecule has 1 aromatic heterocycles. The zero-order valence-electron chi connectivity index (χ0n) is 11.0. The summed E-state index contributed by atoms with van der Waals surface area (Å²) in [4.78, 5) is 15.4. The molecule has 1 amide bonds. The summed E-state index contributed by atoms with van der Waals surface area (Å²) in [7, 11) is 0. The van der Waals surface area contributed by atoms with Crippen molar-refractivity contribution in [3.63, 3.8) is 0 Å². The molecule has 0 saturated heterocycles. The molecule has 0 unspecified atom stereocenters. The second-order valence-electron chi connectivity index (χ2n) is 4.32. The normalized spacial score (nSPS) is 9.95. The summed E-state index contributed by atoms with van der Waals surface area (Å²) in [6, 6.07) is 12.0. The molecular weight excluding hydrogens is 254 g/mol. The van der Waals surface area contributed by atoms with Gasteiger partial charge in [0.05, 0.1) is 0 Å². The lowest BCUT2D eigenvalue weighted by atomic mass is 10.1. The molecule has 0 spiro atoms. The number of aromatic nitrogens is 3. The SMILES string of the molecule is N#Cc1ncn(CC(=O)NCCCc2ccccc2)n1. The molecule has 0 aliphatic heterocycles. The van der Waals surface area contributed by atoms with Crippen molar-refractivity contribution in [1.82, 2.24) is 20.1 Å². The van der Waals surface area contributed by atoms with Gasteiger partial charge in [-0.05, 0) is 18.4 Å². The lowest BCUT2D eigenvalue weighted by Gasteiger charge is -2.05. The molecule has 20 heavy (non-hydrogen) atoms. The lowest BCUT2D eigenvalue weighted by Crippen LogP contribution is -2.28. The van der Waals surface area contributed by atoms with E-state index in [0.717, 1.165) is 12.8 Å². The average molecular weight is 269 g/mol. The summed E-state index contributed by atoms with van der Waals surface area (Å²) in [5.74, 6) is -0.0608. The lowest BCUT2D eigenvalue weighted by molar-refractivity contribution is -0.121. The summed E-state index contributed by atoms with van der Waals surface area (Å²) < 4.78 is 1.35. The molecule has 0 saturated carbocycles. The molecule has 1 aromatic carbocycles. The molecule has 0 bridgehead atoms. The number of hydrogen-bond acceptors (Lipinski definition) is 4. The monoisotopic (exact) mass is 269 g/mol. The van der Waals surface area contributed by atoms with Crippen LogP contribution in [0, 0.1) is 11.3 Å². The third kappa shape index (κ3) is 4.21. The topological polar surface area (TPSA) is 83.6 Å². The summed E-state index contributed by atoms with van der Waals surface area (Å²) in [5.41, 5.74) is 1.26. The van der Waals surface area contributed by atoms with Crippen LogP contribution in [-0.4, -0.2) is 27.2 Å². The van der Waals surface area contributed by atoms with E-state index in [1.807, 2.05) is 24.3 Å². The van der Waals surface area contributed by atoms with Crippen molar-refractivity contribution in [2.45, 2.75) is 19.4 Å². The number of aryl methyl sites for hydroxylation is 1. The van der Waals surface area contributed by atoms with E-state index in [2.05, 4.69) is 27.5 Å². The number of nitriles is 1. The van der Waals surface area contributed by atoms with Crippen LogP contribution in [0.15, 0.2) is 36.7 Å². The maximum atomic E-state index is 11.6. The Morgan fingerprint density at radius 3 is 2.85 bits per heavy atom. The largest absolute Gasteiger partial charge is 0.354 e. The van der Waals surface area contributed by atoms with Gasteiger partial charge in [-0.1, -0.05) is 30.3 Å². The van der Waals surface area contributed by atoms with E-state index in [1.54, 1.807) is 0 Å². The van der Waals surface area contributed by atoms with Crippen LogP contribution in [0.5, 0.6) is 0 Å². The zero-order chi connectivity index (χ0) is 14.2. The molecule has 6 nitrogen and oxygen atoms in total. The van der Waals surface area contributed by atoms with E-state index in [-0.39, 0.29) is 18.3 Å². The van der Waals surface area contributed by atoms with Crippen molar-refractivity contribution in [3.8, 4) is 6.07 Å². The first kappa shape index (κ1) is 13.7. The highest BCUT2D eigenvalue weighted by atomic mass is 16.2. The Morgan fingerprint density at radius 1 is 1.35 bits per heavy atom. The maximum absolute atomic E-state index is 11.6. The molecule has 2 aromatic rings. The van der Waals surface area contributed by atoms with Gasteiger partial charge in [-0.2, -0.15) is 5.26 Å². The van der Waals surface area contributed by atoms with E-state index >= 15 is 0 Å². The minimum absolute atomic E-state index is 0.0712. The molecule has 6 heteroatoms. The molecule has 2 rings (SSSR count). The van der Waals surface area contributed by atoms with Crippen LogP contribution in [0.25, 0.3) is 0 Å². The van der Waals surface area contributed by atoms with Gasteiger partial charge in [-0.15, -0.1) is 5.10 Å². The standard InChI is InChI=1S/C14H15N5O/c15-9-13-17-11-19(18-13)10-14(20)16-8-4-7-12-5-2-1-3-6-12/h1-3,5-6,11H,4,7-8,10H2,(H,16,20). The molecule has 1 N–H and O–H groups in total. The highest BCUT2D eigenvalue weighted by molar-refractivity contribution is 5.75. The summed E-state index contributed by atoms with van der Waals surface area (Å²) in [6.45, 7) is 0.702. The Balaban J connectivity index is 1.67. The molecule has 0 aliphatic carbocycles. The number of carbonyl (C=O) groups is 1. The molecule has 0 aliphatic rings. The predicted octanol–water partition coefficient (Wildman–Crippen LogP) is 0.899. The second-order valence-corrected chi connectivity index (χ2v) is 4.32. The van der Waals surface area contributed by atoms with Crippen LogP contribution in [0.2, 0.25) is 0 Å². The fourth-order valence-electron chi connectivity index (χ4n) is 1.79. The summed E-state index contributed by atoms with van der Waals surface area (Å²) in [5, 5.41) is 15.2. The van der Waals surface area contributed by atoms with Gasteiger partial charge in [-0.25, -0.2) is 9.67 Å². The van der Waals surface area contributed by atoms with Crippen molar-refractivity contribution in [1.29, 1.82) is 5.26 Å². The van der Waals surface area contributed by atoms with Crippen LogP contribution in [0.1, 0.15) is 17.8 Å². The first-order valence-corrected chi connectivity index (χ1v) is 6.38. The van der Waals surface area contributed by atoms with Gasteiger partial charge in [0.2, 0.25) is 5.91 Å². The minimum Gasteiger partial charge on any atom is -0.354 e. The third-order valence-electron chi connectivity index (χ3n) is 2.75. The number of benzene rings is 1. The van der Waals surface area contributed by atoms with Crippen LogP contribution in [-0.2, 0) is 17.8 Å². The van der Waals surface area contributed by atoms with Crippen LogP contribution in [0.3, 0.4) is 0 Å². The number of hydrogen-bond donors (Lipinski definition) is 1. The Labute approximate surface area is 117 Å². The van der Waals surface area contributed by atoms with E-state index in [1.165, 1.54) is 16.6 Å². The smallest absolute Gasteiger partial charge is 0.252 e. The van der Waals surface area contributed by atoms with E-state index < -0.39 is 0 Å². The molecular formula is C14H15N5O. The quantitative estimate of drug-likeness (QED) is 0.790. The molecule has 0 radical (unpaired) electrons. The number of amides is 1. The fraction of sp³-hybridized carbons (Fsp3) is 0.286. The van der Waals surface area contributed by atoms with Crippen molar-refractivity contribution in [2.24, 2.45) is 0 Å². The molecule has 102 valence electrons. The van der Waals surface area contributed by atoms with Crippen LogP contribution >= 0.6 is 0 Å². The number of carbonyl (C=O) groups excluding carboxylic acids is 1. The van der Waals surface area contributed by atoms with E-state index in [0.29, 0.717) is 6.54 Å². The van der Waals surface area contributed by atoms with Gasteiger partial charge in [-0.3, -0.25) is 4.79 Å². The Morgan fingerprint density at radius 2 is 2.15 bits per heavy atom. The first-order chi connectivity index (χ1) is 9.78. The fourth-order valence-corrected chi connectivity index (χ4v) is 1.79. The Bertz CT molecular complexity index is 600. The molecule has 1 heterocycles. The van der Waals surface area contributed by atoms with Gasteiger partial charge in [0.25, 0.3) is 5.82 Å². The van der Waals surface area contributed by atoms with Gasteiger partial charge >= 0.3 is 0 Å². The molecule has 0 atom stereocenters. The van der Waals surface area contributed by atoms with Crippen LogP contribution < -0.4 is 5.32 Å². The number of nitrogens with zero attached hydrogens (tertiary/aromatic N) is 4. The minimum atomic E-state index is -0.132. The highest BCUT2D eigenvalue weighted by Crippen LogP contribution is 2.01. The maximum Gasteiger partial charge on any atom is 0.252 e. The van der Waals surface area contributed by atoms with Gasteiger partial charge in [0, 0.05) is 6.54 Å². The van der Waals surface area contributed by atoms with Gasteiger partial charge in [0.15, 0.2) is 0 Å². The first-order valence-electron chi connectivity index (χ1n) is 6.38. The van der Waals surface area contributed by atoms with Crippen molar-refractivity contribution >= 4 is 5.91 Å². The highest BCUT2D eigenvalue weighted by Gasteiger charge is 2.04. The number of nitrogens with one attached hydrogen (secondary N) is 1. The van der Waals surface area contributed by atoms with E-state index in [9.17, 15) is 4.79 Å². The van der Waals surface area contributed by atoms with Crippen molar-refractivity contribution in [2.75, 3.05) is 6.54 Å². The molecule has 0 fully saturated rings. The Kier molecular flexibility index (Phi) is 4.84. The van der Waals surface area contributed by atoms with Gasteiger partial charge < -0.3 is 5.32 Å².